The summed E-state index contributed by atoms with van der Waals surface area (Å²) in [6.07, 6.45) is -4.70. The summed E-state index contributed by atoms with van der Waals surface area (Å²) >= 11 is 2.93. The van der Waals surface area contributed by atoms with Gasteiger partial charge in [0.1, 0.15) is 0 Å². The van der Waals surface area contributed by atoms with Gasteiger partial charge in [-0.3, -0.25) is 4.79 Å². The van der Waals surface area contributed by atoms with Crippen LogP contribution in [0, 0.1) is 0 Å². The summed E-state index contributed by atoms with van der Waals surface area (Å²) in [4.78, 5) is 10.8. The number of hydrogen-bond acceptors (Lipinski definition) is 2. The van der Waals surface area contributed by atoms with Crippen molar-refractivity contribution in [3.63, 3.8) is 0 Å². The third-order valence-corrected chi connectivity index (χ3v) is 2.14. The predicted octanol–water partition coefficient (Wildman–Crippen LogP) is 2.15. The molecule has 0 bridgehead atoms. The minimum atomic E-state index is -4.70. The standard InChI is InChI=1S/C8H6BrF3N2O/c9-3-1-4(7(14)15)6(5(13)2-3)8(10,11)12/h1-2H,13H2,(H2,14,15). The van der Waals surface area contributed by atoms with Crippen molar-refractivity contribution in [1.82, 2.24) is 0 Å². The molecule has 0 atom stereocenters. The van der Waals surface area contributed by atoms with E-state index in [1.165, 1.54) is 0 Å². The predicted molar refractivity (Wildman–Crippen MR) is 52.1 cm³/mol. The molecule has 0 unspecified atom stereocenters. The molecule has 15 heavy (non-hydrogen) atoms. The van der Waals surface area contributed by atoms with E-state index in [0.717, 1.165) is 12.1 Å². The van der Waals surface area contributed by atoms with Gasteiger partial charge in [0.25, 0.3) is 0 Å². The van der Waals surface area contributed by atoms with Crippen molar-refractivity contribution in [2.45, 2.75) is 6.18 Å². The van der Waals surface area contributed by atoms with Gasteiger partial charge in [-0.15, -0.1) is 0 Å². The Labute approximate surface area is 91.4 Å². The van der Waals surface area contributed by atoms with Crippen LogP contribution in [0.4, 0.5) is 18.9 Å². The minimum absolute atomic E-state index is 0.266. The second-order valence-corrected chi connectivity index (χ2v) is 3.70. The Balaban J connectivity index is 3.55. The van der Waals surface area contributed by atoms with Crippen LogP contribution in [0.15, 0.2) is 16.6 Å². The van der Waals surface area contributed by atoms with Crippen LogP contribution in [0.2, 0.25) is 0 Å². The van der Waals surface area contributed by atoms with Gasteiger partial charge in [-0.25, -0.2) is 0 Å². The van der Waals surface area contributed by atoms with Gasteiger partial charge < -0.3 is 11.5 Å². The lowest BCUT2D eigenvalue weighted by Crippen LogP contribution is -2.20. The number of carbonyl (C=O) groups is 1. The number of hydrogen-bond donors (Lipinski definition) is 2. The monoisotopic (exact) mass is 282 g/mol. The molecule has 0 aliphatic rings. The van der Waals surface area contributed by atoms with E-state index in [4.69, 9.17) is 11.5 Å². The Kier molecular flexibility index (Phi) is 2.94. The average Bonchev–Trinajstić information content (AvgIpc) is 1.99. The summed E-state index contributed by atoms with van der Waals surface area (Å²) in [5.74, 6) is -1.17. The average molecular weight is 283 g/mol. The van der Waals surface area contributed by atoms with Crippen molar-refractivity contribution < 1.29 is 18.0 Å². The molecule has 0 spiro atoms. The maximum Gasteiger partial charge on any atom is 0.419 e. The van der Waals surface area contributed by atoms with Crippen molar-refractivity contribution in [2.75, 3.05) is 5.73 Å². The summed E-state index contributed by atoms with van der Waals surface area (Å²) in [7, 11) is 0. The van der Waals surface area contributed by atoms with Crippen LogP contribution in [0.3, 0.4) is 0 Å². The van der Waals surface area contributed by atoms with Gasteiger partial charge >= 0.3 is 6.18 Å². The first kappa shape index (κ1) is 11.8. The summed E-state index contributed by atoms with van der Waals surface area (Å²) in [6.45, 7) is 0. The number of alkyl halides is 3. The zero-order valence-corrected chi connectivity index (χ0v) is 8.82. The highest BCUT2D eigenvalue weighted by atomic mass is 79.9. The maximum atomic E-state index is 12.5. The van der Waals surface area contributed by atoms with Gasteiger partial charge in [-0.2, -0.15) is 13.2 Å². The van der Waals surface area contributed by atoms with Crippen LogP contribution in [-0.4, -0.2) is 5.91 Å². The Bertz CT molecular complexity index is 417. The fourth-order valence-corrected chi connectivity index (χ4v) is 1.61. The molecule has 0 saturated heterocycles. The van der Waals surface area contributed by atoms with Gasteiger partial charge in [-0.1, -0.05) is 15.9 Å². The van der Waals surface area contributed by atoms with Gasteiger partial charge in [0.2, 0.25) is 5.91 Å². The molecular formula is C8H6BrF3N2O. The zero-order valence-electron chi connectivity index (χ0n) is 7.23. The Morgan fingerprint density at radius 1 is 1.33 bits per heavy atom. The van der Waals surface area contributed by atoms with E-state index >= 15 is 0 Å². The molecule has 0 fully saturated rings. The smallest absolute Gasteiger partial charge is 0.398 e. The molecule has 0 saturated carbocycles. The van der Waals surface area contributed by atoms with Crippen molar-refractivity contribution in [1.29, 1.82) is 0 Å². The molecule has 0 aromatic heterocycles. The Morgan fingerprint density at radius 3 is 2.27 bits per heavy atom. The number of benzene rings is 1. The number of carbonyl (C=O) groups excluding carboxylic acids is 1. The highest BCUT2D eigenvalue weighted by molar-refractivity contribution is 9.10. The lowest BCUT2D eigenvalue weighted by Gasteiger charge is -2.13. The number of rotatable bonds is 1. The lowest BCUT2D eigenvalue weighted by molar-refractivity contribution is -0.137. The van der Waals surface area contributed by atoms with E-state index in [-0.39, 0.29) is 4.47 Å². The molecule has 7 heteroatoms. The first-order chi connectivity index (χ1) is 6.73. The summed E-state index contributed by atoms with van der Waals surface area (Å²) in [5, 5.41) is 0. The maximum absolute atomic E-state index is 12.5. The van der Waals surface area contributed by atoms with E-state index in [2.05, 4.69) is 15.9 Å². The van der Waals surface area contributed by atoms with Crippen molar-refractivity contribution in [2.24, 2.45) is 5.73 Å². The molecule has 1 rings (SSSR count). The third kappa shape index (κ3) is 2.41. The molecule has 4 N–H and O–H groups in total. The Hall–Kier alpha value is -1.24. The van der Waals surface area contributed by atoms with Gasteiger partial charge in [-0.05, 0) is 12.1 Å². The molecule has 0 aliphatic carbocycles. The minimum Gasteiger partial charge on any atom is -0.398 e. The van der Waals surface area contributed by atoms with Crippen LogP contribution < -0.4 is 11.5 Å². The van der Waals surface area contributed by atoms with Crippen LogP contribution in [-0.2, 0) is 6.18 Å². The number of primary amides is 1. The zero-order chi connectivity index (χ0) is 11.8. The summed E-state index contributed by atoms with van der Waals surface area (Å²) in [5.41, 5.74) is 7.65. The van der Waals surface area contributed by atoms with Gasteiger partial charge in [0.15, 0.2) is 0 Å². The number of anilines is 1. The van der Waals surface area contributed by atoms with Crippen molar-refractivity contribution >= 4 is 27.5 Å². The second kappa shape index (κ2) is 3.73. The largest absolute Gasteiger partial charge is 0.419 e. The van der Waals surface area contributed by atoms with Crippen LogP contribution in [0.25, 0.3) is 0 Å². The number of nitrogens with two attached hydrogens (primary N) is 2. The van der Waals surface area contributed by atoms with E-state index in [9.17, 15) is 18.0 Å². The SMILES string of the molecule is NC(=O)c1cc(Br)cc(N)c1C(F)(F)F. The van der Waals surface area contributed by atoms with Crippen molar-refractivity contribution in [3.8, 4) is 0 Å². The molecule has 0 radical (unpaired) electrons. The lowest BCUT2D eigenvalue weighted by atomic mass is 10.0. The molecule has 3 nitrogen and oxygen atoms in total. The summed E-state index contributed by atoms with van der Waals surface area (Å²) in [6, 6.07) is 2.05. The highest BCUT2D eigenvalue weighted by Gasteiger charge is 2.37. The quantitative estimate of drug-likeness (QED) is 0.775. The van der Waals surface area contributed by atoms with E-state index in [0.29, 0.717) is 0 Å². The highest BCUT2D eigenvalue weighted by Crippen LogP contribution is 2.37. The third-order valence-electron chi connectivity index (χ3n) is 1.68. The molecule has 1 amide bonds. The molecular weight excluding hydrogens is 277 g/mol. The van der Waals surface area contributed by atoms with E-state index < -0.39 is 28.9 Å². The van der Waals surface area contributed by atoms with Gasteiger partial charge in [0, 0.05) is 10.2 Å². The number of halogens is 4. The molecule has 0 aliphatic heterocycles. The van der Waals surface area contributed by atoms with Crippen LogP contribution in [0.5, 0.6) is 0 Å². The Morgan fingerprint density at radius 2 is 1.87 bits per heavy atom. The molecule has 1 aromatic rings. The fraction of sp³-hybridized carbons (Fsp3) is 0.125. The summed E-state index contributed by atoms with van der Waals surface area (Å²) < 4.78 is 37.8. The number of amides is 1. The van der Waals surface area contributed by atoms with Gasteiger partial charge in [0.05, 0.1) is 11.1 Å². The normalized spacial score (nSPS) is 11.5. The van der Waals surface area contributed by atoms with Crippen molar-refractivity contribution in [3.05, 3.63) is 27.7 Å². The molecule has 0 heterocycles. The van der Waals surface area contributed by atoms with E-state index in [1.54, 1.807) is 0 Å². The molecule has 1 aromatic carbocycles. The topological polar surface area (TPSA) is 69.1 Å². The fourth-order valence-electron chi connectivity index (χ4n) is 1.14. The first-order valence-corrected chi connectivity index (χ1v) is 4.49. The van der Waals surface area contributed by atoms with Crippen LogP contribution in [0.1, 0.15) is 15.9 Å². The number of nitrogen functional groups attached to an aromatic ring is 1. The first-order valence-electron chi connectivity index (χ1n) is 3.69. The van der Waals surface area contributed by atoms with E-state index in [1.807, 2.05) is 0 Å². The second-order valence-electron chi connectivity index (χ2n) is 2.78. The van der Waals surface area contributed by atoms with Crippen LogP contribution >= 0.6 is 15.9 Å². The molecule has 82 valence electrons.